The average molecular weight is 155 g/mol. The van der Waals surface area contributed by atoms with Crippen molar-refractivity contribution in [2.75, 3.05) is 7.11 Å². The second-order valence-corrected chi connectivity index (χ2v) is 2.26. The lowest BCUT2D eigenvalue weighted by molar-refractivity contribution is 0.407. The summed E-state index contributed by atoms with van der Waals surface area (Å²) >= 11 is 0. The Hall–Kier alpha value is -1.32. The summed E-state index contributed by atoms with van der Waals surface area (Å²) in [5.41, 5.74) is 6.08. The summed E-state index contributed by atoms with van der Waals surface area (Å²) in [4.78, 5) is 3.61. The Labute approximate surface area is 66.3 Å². The quantitative estimate of drug-likeness (QED) is 0.436. The zero-order valence-electron chi connectivity index (χ0n) is 7.01. The highest BCUT2D eigenvalue weighted by Crippen LogP contribution is 1.91. The van der Waals surface area contributed by atoms with E-state index in [2.05, 4.69) is 4.99 Å². The van der Waals surface area contributed by atoms with Gasteiger partial charge in [0, 0.05) is 0 Å². The fraction of sp³-hybridized carbons (Fsp3) is 0.429. The minimum Gasteiger partial charge on any atom is -0.481 e. The molecule has 0 spiro atoms. The summed E-state index contributed by atoms with van der Waals surface area (Å²) < 4.78 is 4.82. The molecule has 0 aromatic carbocycles. The van der Waals surface area contributed by atoms with Crippen LogP contribution in [-0.4, -0.2) is 19.0 Å². The number of nitrogens with zero attached hydrogens (tertiary/aromatic N) is 1. The molecule has 62 valence electrons. The minimum atomic E-state index is -0.251. The van der Waals surface area contributed by atoms with Gasteiger partial charge in [-0.3, -0.25) is 5.41 Å². The summed E-state index contributed by atoms with van der Waals surface area (Å²) in [6, 6.07) is 0. The smallest absolute Gasteiger partial charge is 0.216 e. The number of guanidine groups is 1. The van der Waals surface area contributed by atoms with E-state index >= 15 is 0 Å². The first-order valence-corrected chi connectivity index (χ1v) is 3.18. The van der Waals surface area contributed by atoms with Crippen LogP contribution in [0.4, 0.5) is 0 Å². The molecule has 3 N–H and O–H groups in total. The number of allylic oxidation sites excluding steroid dienone is 1. The van der Waals surface area contributed by atoms with Crippen LogP contribution >= 0.6 is 0 Å². The SMILES string of the molecule is COC(C=C(C)C)=NC(=N)N. The maximum atomic E-state index is 6.85. The van der Waals surface area contributed by atoms with Crippen molar-refractivity contribution in [3.8, 4) is 0 Å². The molecule has 0 aliphatic carbocycles. The van der Waals surface area contributed by atoms with Crippen LogP contribution < -0.4 is 5.73 Å². The molecular weight excluding hydrogens is 142 g/mol. The lowest BCUT2D eigenvalue weighted by atomic mass is 10.3. The second kappa shape index (κ2) is 4.49. The molecule has 11 heavy (non-hydrogen) atoms. The van der Waals surface area contributed by atoms with E-state index < -0.39 is 0 Å². The maximum absolute atomic E-state index is 6.85. The standard InChI is InChI=1S/C7H13N3O/c1-5(2)4-6(11-3)10-7(8)9/h4H,1-3H3,(H3,8,9). The van der Waals surface area contributed by atoms with Gasteiger partial charge in [-0.15, -0.1) is 0 Å². The van der Waals surface area contributed by atoms with Crippen molar-refractivity contribution in [3.05, 3.63) is 11.6 Å². The molecule has 0 atom stereocenters. The number of rotatable bonds is 1. The van der Waals surface area contributed by atoms with Crippen molar-refractivity contribution in [1.82, 2.24) is 0 Å². The first kappa shape index (κ1) is 9.68. The minimum absolute atomic E-state index is 0.251. The van der Waals surface area contributed by atoms with Gasteiger partial charge in [0.2, 0.25) is 11.9 Å². The van der Waals surface area contributed by atoms with Gasteiger partial charge in [-0.2, -0.15) is 4.99 Å². The summed E-state index contributed by atoms with van der Waals surface area (Å²) in [5, 5.41) is 6.85. The summed E-state index contributed by atoms with van der Waals surface area (Å²) in [6.07, 6.45) is 1.71. The Morgan fingerprint density at radius 2 is 2.09 bits per heavy atom. The Kier molecular flexibility index (Phi) is 3.95. The van der Waals surface area contributed by atoms with Gasteiger partial charge >= 0.3 is 0 Å². The van der Waals surface area contributed by atoms with Crippen LogP contribution in [0.15, 0.2) is 16.6 Å². The fourth-order valence-electron chi connectivity index (χ4n) is 0.503. The monoisotopic (exact) mass is 155 g/mol. The summed E-state index contributed by atoms with van der Waals surface area (Å²) in [5.74, 6) is 0.108. The Morgan fingerprint density at radius 3 is 2.36 bits per heavy atom. The van der Waals surface area contributed by atoms with Crippen LogP contribution in [-0.2, 0) is 4.74 Å². The maximum Gasteiger partial charge on any atom is 0.216 e. The van der Waals surface area contributed by atoms with Gasteiger partial charge in [-0.1, -0.05) is 5.57 Å². The van der Waals surface area contributed by atoms with Crippen molar-refractivity contribution in [1.29, 1.82) is 5.41 Å². The first-order chi connectivity index (χ1) is 5.06. The highest BCUT2D eigenvalue weighted by Gasteiger charge is 1.92. The Morgan fingerprint density at radius 1 is 1.55 bits per heavy atom. The van der Waals surface area contributed by atoms with Gasteiger partial charge < -0.3 is 10.5 Å². The molecule has 0 amide bonds. The second-order valence-electron chi connectivity index (χ2n) is 2.26. The third-order valence-corrected chi connectivity index (χ3v) is 0.852. The molecule has 4 nitrogen and oxygen atoms in total. The summed E-state index contributed by atoms with van der Waals surface area (Å²) in [7, 11) is 1.49. The molecule has 0 aromatic rings. The van der Waals surface area contributed by atoms with Crippen LogP contribution in [0.3, 0.4) is 0 Å². The van der Waals surface area contributed by atoms with Crippen molar-refractivity contribution in [2.24, 2.45) is 10.7 Å². The number of aliphatic imine (C=N–C) groups is 1. The van der Waals surface area contributed by atoms with Gasteiger partial charge in [0.25, 0.3) is 0 Å². The fourth-order valence-corrected chi connectivity index (χ4v) is 0.503. The van der Waals surface area contributed by atoms with Crippen LogP contribution in [0.2, 0.25) is 0 Å². The summed E-state index contributed by atoms with van der Waals surface area (Å²) in [6.45, 7) is 3.82. The van der Waals surface area contributed by atoms with E-state index in [1.165, 1.54) is 7.11 Å². The average Bonchev–Trinajstić information content (AvgIpc) is 1.84. The van der Waals surface area contributed by atoms with Gasteiger partial charge in [-0.05, 0) is 19.9 Å². The largest absolute Gasteiger partial charge is 0.481 e. The van der Waals surface area contributed by atoms with Crippen molar-refractivity contribution in [2.45, 2.75) is 13.8 Å². The van der Waals surface area contributed by atoms with E-state index in [-0.39, 0.29) is 5.96 Å². The van der Waals surface area contributed by atoms with E-state index in [9.17, 15) is 0 Å². The van der Waals surface area contributed by atoms with Crippen LogP contribution in [0.1, 0.15) is 13.8 Å². The zero-order valence-corrected chi connectivity index (χ0v) is 7.01. The molecule has 0 radical (unpaired) electrons. The number of ether oxygens (including phenoxy) is 1. The molecule has 0 saturated heterocycles. The predicted molar refractivity (Wildman–Crippen MR) is 45.8 cm³/mol. The number of hydrogen-bond acceptors (Lipinski definition) is 2. The Balaban J connectivity index is 4.41. The first-order valence-electron chi connectivity index (χ1n) is 3.18. The predicted octanol–water partition coefficient (Wildman–Crippen LogP) is 0.891. The number of methoxy groups -OCH3 is 1. The molecule has 0 unspecified atom stereocenters. The normalized spacial score (nSPS) is 10.6. The number of nitrogens with one attached hydrogen (secondary N) is 1. The third kappa shape index (κ3) is 5.14. The van der Waals surface area contributed by atoms with Crippen LogP contribution in [0.5, 0.6) is 0 Å². The molecule has 0 aromatic heterocycles. The highest BCUT2D eigenvalue weighted by molar-refractivity contribution is 5.97. The molecule has 0 bridgehead atoms. The Bertz CT molecular complexity index is 202. The van der Waals surface area contributed by atoms with Crippen molar-refractivity contribution < 1.29 is 4.74 Å². The van der Waals surface area contributed by atoms with Gasteiger partial charge in [0.15, 0.2) is 0 Å². The lowest BCUT2D eigenvalue weighted by Gasteiger charge is -1.98. The molecule has 0 rings (SSSR count). The molecule has 0 fully saturated rings. The van der Waals surface area contributed by atoms with E-state index in [0.717, 1.165) is 5.57 Å². The third-order valence-electron chi connectivity index (χ3n) is 0.852. The number of nitrogens with two attached hydrogens (primary N) is 1. The molecule has 0 aliphatic heterocycles. The van der Waals surface area contributed by atoms with Gasteiger partial charge in [-0.25, -0.2) is 0 Å². The van der Waals surface area contributed by atoms with E-state index in [1.54, 1.807) is 6.08 Å². The van der Waals surface area contributed by atoms with Crippen LogP contribution in [0, 0.1) is 5.41 Å². The van der Waals surface area contributed by atoms with Crippen LogP contribution in [0.25, 0.3) is 0 Å². The molecule has 0 aliphatic rings. The molecule has 4 heteroatoms. The highest BCUT2D eigenvalue weighted by atomic mass is 16.5. The lowest BCUT2D eigenvalue weighted by Crippen LogP contribution is -2.10. The van der Waals surface area contributed by atoms with E-state index in [4.69, 9.17) is 15.9 Å². The molecule has 0 heterocycles. The van der Waals surface area contributed by atoms with E-state index in [1.807, 2.05) is 13.8 Å². The van der Waals surface area contributed by atoms with Gasteiger partial charge in [0.1, 0.15) is 0 Å². The van der Waals surface area contributed by atoms with Crippen molar-refractivity contribution in [3.63, 3.8) is 0 Å². The zero-order chi connectivity index (χ0) is 8.85. The molecule has 0 saturated carbocycles. The van der Waals surface area contributed by atoms with Gasteiger partial charge in [0.05, 0.1) is 7.11 Å². The topological polar surface area (TPSA) is 71.5 Å². The van der Waals surface area contributed by atoms with E-state index in [0.29, 0.717) is 5.90 Å². The molecular formula is C7H13N3O. The number of hydrogen-bond donors (Lipinski definition) is 2. The van der Waals surface area contributed by atoms with Crippen molar-refractivity contribution >= 4 is 11.9 Å².